The molecule has 0 aromatic carbocycles. The molecule has 0 rings (SSSR count). The predicted octanol–water partition coefficient (Wildman–Crippen LogP) is 2.81. The molecule has 0 aromatic heterocycles. The largest absolute Gasteiger partial charge is 0.351 e. The molecule has 0 amide bonds. The maximum Gasteiger partial charge on any atom is 0.114 e. The minimum Gasteiger partial charge on any atom is -0.351 e. The molecule has 1 unspecified atom stereocenters. The molecule has 0 radical (unpaired) electrons. The van der Waals surface area contributed by atoms with Gasteiger partial charge in [0.2, 0.25) is 0 Å². The molecule has 0 saturated carbocycles. The van der Waals surface area contributed by atoms with Crippen LogP contribution in [-0.2, 0) is 0 Å². The summed E-state index contributed by atoms with van der Waals surface area (Å²) in [5.41, 5.74) is 3.03. The van der Waals surface area contributed by atoms with Crippen LogP contribution in [-0.4, -0.2) is 25.1 Å². The molecule has 0 bridgehead atoms. The Morgan fingerprint density at radius 1 is 1.15 bits per heavy atom. The molecule has 0 aliphatic rings. The minimum absolute atomic E-state index is 0.374. The zero-order valence-corrected chi connectivity index (χ0v) is 13.4. The zero-order valence-electron chi connectivity index (χ0n) is 10.3. The fourth-order valence-corrected chi connectivity index (χ4v) is 23.1. The summed E-state index contributed by atoms with van der Waals surface area (Å²) in [5.74, 6) is 0. The molecular formula is C9H27NSi3. The summed E-state index contributed by atoms with van der Waals surface area (Å²) in [7, 11) is -2.59. The Morgan fingerprint density at radius 2 is 1.62 bits per heavy atom. The van der Waals surface area contributed by atoms with Gasteiger partial charge in [0.05, 0.1) is 0 Å². The molecule has 0 fully saturated rings. The summed E-state index contributed by atoms with van der Waals surface area (Å²) in [6.07, 6.45) is 0. The van der Waals surface area contributed by atoms with E-state index in [1.54, 1.807) is 5.67 Å². The molecule has 2 N–H and O–H groups in total. The second kappa shape index (κ2) is 4.91. The second-order valence-corrected chi connectivity index (χ2v) is 20.1. The van der Waals surface area contributed by atoms with Crippen molar-refractivity contribution in [2.45, 2.75) is 57.0 Å². The van der Waals surface area contributed by atoms with Crippen LogP contribution in [0.15, 0.2) is 0 Å². The van der Waals surface area contributed by atoms with Crippen molar-refractivity contribution in [2.24, 2.45) is 5.40 Å². The summed E-state index contributed by atoms with van der Waals surface area (Å²) in [4.78, 5) is 0. The van der Waals surface area contributed by atoms with Crippen LogP contribution in [0.3, 0.4) is 0 Å². The average molecular weight is 234 g/mol. The van der Waals surface area contributed by atoms with Crippen LogP contribution in [0.2, 0.25) is 50.1 Å². The minimum atomic E-state index is -1.30. The molecule has 13 heavy (non-hydrogen) atoms. The van der Waals surface area contributed by atoms with Crippen LogP contribution < -0.4 is 5.40 Å². The van der Waals surface area contributed by atoms with Gasteiger partial charge in [-0.25, -0.2) is 0 Å². The molecule has 0 heterocycles. The third-order valence-electron chi connectivity index (χ3n) is 2.64. The highest BCUT2D eigenvalue weighted by atomic mass is 28.4. The van der Waals surface area contributed by atoms with Crippen molar-refractivity contribution in [1.82, 2.24) is 0 Å². The first-order chi connectivity index (χ1) is 5.68. The van der Waals surface area contributed by atoms with Gasteiger partial charge in [0.1, 0.15) is 8.24 Å². The summed E-state index contributed by atoms with van der Waals surface area (Å²) in [6, 6.07) is 1.44. The standard InChI is InChI=1S/C9H27NSi3/c1-7-13(6,8-11(2)3)9-12(4,5)10/h11H,7-10H2,1-6H3. The number of hydrogen-bond donors (Lipinski definition) is 1. The SMILES string of the molecule is CC[Si](C)(C[SiH](C)C)C[Si](C)(C)N. The van der Waals surface area contributed by atoms with Crippen molar-refractivity contribution in [1.29, 1.82) is 0 Å². The van der Waals surface area contributed by atoms with Gasteiger partial charge in [-0.2, -0.15) is 0 Å². The van der Waals surface area contributed by atoms with Crippen molar-refractivity contribution in [3.63, 3.8) is 0 Å². The van der Waals surface area contributed by atoms with Crippen molar-refractivity contribution < 1.29 is 0 Å². The van der Waals surface area contributed by atoms with Crippen LogP contribution in [0, 0.1) is 0 Å². The van der Waals surface area contributed by atoms with Gasteiger partial charge in [0.15, 0.2) is 0 Å². The Balaban J connectivity index is 4.28. The maximum absolute atomic E-state index is 6.26. The van der Waals surface area contributed by atoms with E-state index >= 15 is 0 Å². The fourth-order valence-electron chi connectivity index (χ4n) is 2.43. The van der Waals surface area contributed by atoms with Gasteiger partial charge < -0.3 is 5.40 Å². The normalized spacial score (nSPS) is 17.5. The van der Waals surface area contributed by atoms with Gasteiger partial charge in [-0.05, 0) is 5.67 Å². The highest BCUT2D eigenvalue weighted by Crippen LogP contribution is 2.25. The lowest BCUT2D eigenvalue weighted by molar-refractivity contribution is 1.29. The zero-order chi connectivity index (χ0) is 10.7. The van der Waals surface area contributed by atoms with Crippen LogP contribution in [0.4, 0.5) is 0 Å². The fraction of sp³-hybridized carbons (Fsp3) is 1.00. The van der Waals surface area contributed by atoms with Crippen LogP contribution in [0.1, 0.15) is 6.92 Å². The van der Waals surface area contributed by atoms with E-state index in [9.17, 15) is 0 Å². The van der Waals surface area contributed by atoms with Gasteiger partial charge in [-0.3, -0.25) is 0 Å². The average Bonchev–Trinajstić information content (AvgIpc) is 1.81. The quantitative estimate of drug-likeness (QED) is 0.726. The van der Waals surface area contributed by atoms with Crippen LogP contribution in [0.25, 0.3) is 0 Å². The molecule has 1 nitrogen and oxygen atoms in total. The predicted molar refractivity (Wildman–Crippen MR) is 72.3 cm³/mol. The van der Waals surface area contributed by atoms with E-state index in [2.05, 4.69) is 39.7 Å². The second-order valence-electron chi connectivity index (χ2n) is 5.93. The van der Waals surface area contributed by atoms with Gasteiger partial charge in [-0.1, -0.05) is 51.4 Å². The van der Waals surface area contributed by atoms with Crippen LogP contribution >= 0.6 is 0 Å². The van der Waals surface area contributed by atoms with Gasteiger partial charge in [0, 0.05) is 16.9 Å². The Morgan fingerprint density at radius 3 is 1.85 bits per heavy atom. The van der Waals surface area contributed by atoms with Crippen LogP contribution in [0.5, 0.6) is 0 Å². The molecule has 80 valence electrons. The first-order valence-corrected chi connectivity index (χ1v) is 15.0. The molecule has 4 heteroatoms. The third-order valence-corrected chi connectivity index (χ3v) is 18.6. The number of rotatable bonds is 5. The van der Waals surface area contributed by atoms with E-state index in [4.69, 9.17) is 5.40 Å². The van der Waals surface area contributed by atoms with Crippen molar-refractivity contribution >= 4 is 25.1 Å². The molecular weight excluding hydrogens is 206 g/mol. The Bertz CT molecular complexity index is 153. The van der Waals surface area contributed by atoms with E-state index in [0.717, 1.165) is 0 Å². The lowest BCUT2D eigenvalue weighted by Gasteiger charge is -2.33. The van der Waals surface area contributed by atoms with E-state index in [0.29, 0.717) is 0 Å². The highest BCUT2D eigenvalue weighted by Gasteiger charge is 2.32. The molecule has 0 aliphatic carbocycles. The van der Waals surface area contributed by atoms with E-state index in [-0.39, 0.29) is 8.80 Å². The summed E-state index contributed by atoms with van der Waals surface area (Å²) in [5, 5.41) is 6.26. The maximum atomic E-state index is 6.26. The number of nitrogens with two attached hydrogens (primary N) is 1. The number of hydrogen-bond acceptors (Lipinski definition) is 1. The molecule has 0 aliphatic heterocycles. The molecule has 1 atom stereocenters. The molecule has 0 saturated heterocycles. The Kier molecular flexibility index (Phi) is 5.14. The molecule has 0 aromatic rings. The van der Waals surface area contributed by atoms with Gasteiger partial charge in [-0.15, -0.1) is 0 Å². The van der Waals surface area contributed by atoms with Gasteiger partial charge >= 0.3 is 0 Å². The third kappa shape index (κ3) is 6.65. The van der Waals surface area contributed by atoms with E-state index in [1.807, 2.05) is 0 Å². The molecule has 0 spiro atoms. The summed E-state index contributed by atoms with van der Waals surface area (Å²) >= 11 is 0. The lowest BCUT2D eigenvalue weighted by Crippen LogP contribution is -2.49. The summed E-state index contributed by atoms with van der Waals surface area (Å²) < 4.78 is 0. The van der Waals surface area contributed by atoms with Gasteiger partial charge in [0.25, 0.3) is 0 Å². The first kappa shape index (κ1) is 13.6. The monoisotopic (exact) mass is 233 g/mol. The first-order valence-electron chi connectivity index (χ1n) is 5.47. The van der Waals surface area contributed by atoms with Crippen molar-refractivity contribution in [3.8, 4) is 0 Å². The topological polar surface area (TPSA) is 26.0 Å². The smallest absolute Gasteiger partial charge is 0.114 e. The Hall–Kier alpha value is 0.611. The lowest BCUT2D eigenvalue weighted by atomic mass is 11.0. The Labute approximate surface area is 87.8 Å². The van der Waals surface area contributed by atoms with E-state index < -0.39 is 16.3 Å². The van der Waals surface area contributed by atoms with Crippen molar-refractivity contribution in [3.05, 3.63) is 0 Å². The van der Waals surface area contributed by atoms with E-state index in [1.165, 1.54) is 11.7 Å². The van der Waals surface area contributed by atoms with Crippen molar-refractivity contribution in [2.75, 3.05) is 0 Å². The highest BCUT2D eigenvalue weighted by molar-refractivity contribution is 6.98. The summed E-state index contributed by atoms with van der Waals surface area (Å²) in [6.45, 7) is 14.5.